The fourth-order valence-corrected chi connectivity index (χ4v) is 4.30. The Bertz CT molecular complexity index is 1040. The van der Waals surface area contributed by atoms with Gasteiger partial charge in [-0.15, -0.1) is 21.5 Å². The first kappa shape index (κ1) is 19.5. The number of hydrogen-bond donors (Lipinski definition) is 2. The Morgan fingerprint density at radius 1 is 1.26 bits per heavy atom. The van der Waals surface area contributed by atoms with Crippen LogP contribution in [0.25, 0.3) is 10.7 Å². The summed E-state index contributed by atoms with van der Waals surface area (Å²) in [6.45, 7) is 1.76. The van der Waals surface area contributed by atoms with Crippen molar-refractivity contribution in [2.75, 3.05) is 5.32 Å². The number of nitrogens with two attached hydrogens (primary N) is 1. The van der Waals surface area contributed by atoms with Crippen LogP contribution in [-0.4, -0.2) is 34.3 Å². The molecule has 0 saturated heterocycles. The molecule has 0 saturated carbocycles. The van der Waals surface area contributed by atoms with Crippen LogP contribution in [0.3, 0.4) is 0 Å². The predicted molar refractivity (Wildman–Crippen MR) is 106 cm³/mol. The summed E-state index contributed by atoms with van der Waals surface area (Å²) in [5, 5.41) is 18.3. The zero-order valence-electron chi connectivity index (χ0n) is 14.5. The van der Waals surface area contributed by atoms with Gasteiger partial charge in [0, 0.05) is 12.7 Å². The number of hydrogen-bond acceptors (Lipinski definition) is 7. The topological polar surface area (TPSA) is 120 Å². The molecule has 1 aromatic carbocycles. The molecule has 3 aromatic rings. The van der Waals surface area contributed by atoms with Crippen molar-refractivity contribution in [3.63, 3.8) is 0 Å². The lowest BCUT2D eigenvalue weighted by Crippen LogP contribution is -2.23. The van der Waals surface area contributed by atoms with Crippen molar-refractivity contribution in [1.82, 2.24) is 14.8 Å². The molecule has 0 spiro atoms. The molecular weight excluding hydrogens is 406 g/mol. The Balaban J connectivity index is 1.66. The summed E-state index contributed by atoms with van der Waals surface area (Å²) in [5.41, 5.74) is 0.483. The number of carbonyl (C=O) groups is 1. The highest BCUT2D eigenvalue weighted by Crippen LogP contribution is 2.28. The Kier molecular flexibility index (Phi) is 5.65. The van der Waals surface area contributed by atoms with E-state index in [0.29, 0.717) is 10.8 Å². The van der Waals surface area contributed by atoms with Crippen molar-refractivity contribution in [2.24, 2.45) is 12.2 Å². The van der Waals surface area contributed by atoms with Gasteiger partial charge in [0.25, 0.3) is 0 Å². The van der Waals surface area contributed by atoms with Gasteiger partial charge in [0.1, 0.15) is 0 Å². The molecule has 0 unspecified atom stereocenters. The fourth-order valence-electron chi connectivity index (χ4n) is 2.22. The zero-order chi connectivity index (χ0) is 19.6. The lowest BCUT2D eigenvalue weighted by Gasteiger charge is -2.12. The minimum atomic E-state index is -3.76. The van der Waals surface area contributed by atoms with Gasteiger partial charge in [0.05, 0.1) is 15.0 Å². The summed E-state index contributed by atoms with van der Waals surface area (Å²) in [7, 11) is -1.91. The maximum Gasteiger partial charge on any atom is 0.238 e. The van der Waals surface area contributed by atoms with Gasteiger partial charge < -0.3 is 9.88 Å². The molecular formula is C16H17N5O3S3. The summed E-state index contributed by atoms with van der Waals surface area (Å²) in [6.07, 6.45) is 0. The Hall–Kier alpha value is -2.21. The molecule has 0 bridgehead atoms. The predicted octanol–water partition coefficient (Wildman–Crippen LogP) is 2.31. The van der Waals surface area contributed by atoms with Crippen LogP contribution in [0.5, 0.6) is 0 Å². The normalized spacial score (nSPS) is 12.7. The molecule has 3 rings (SSSR count). The molecule has 142 valence electrons. The Labute approximate surface area is 164 Å². The molecule has 0 radical (unpaired) electrons. The third kappa shape index (κ3) is 4.56. The number of primary sulfonamides is 1. The highest BCUT2D eigenvalue weighted by atomic mass is 32.2. The minimum Gasteiger partial charge on any atom is -0.325 e. The molecule has 0 aliphatic carbocycles. The number of nitrogens with zero attached hydrogens (tertiary/aromatic N) is 3. The van der Waals surface area contributed by atoms with E-state index in [0.717, 1.165) is 10.7 Å². The molecule has 2 heterocycles. The minimum absolute atomic E-state index is 0.0110. The molecule has 0 aliphatic heterocycles. The molecule has 11 heteroatoms. The maximum atomic E-state index is 12.4. The molecule has 1 atom stereocenters. The molecule has 0 fully saturated rings. The largest absolute Gasteiger partial charge is 0.325 e. The summed E-state index contributed by atoms with van der Waals surface area (Å²) in [4.78, 5) is 13.4. The van der Waals surface area contributed by atoms with Crippen LogP contribution in [0.15, 0.2) is 51.8 Å². The lowest BCUT2D eigenvalue weighted by molar-refractivity contribution is -0.115. The number of aromatic nitrogens is 3. The monoisotopic (exact) mass is 423 g/mol. The van der Waals surface area contributed by atoms with Gasteiger partial charge in [0.15, 0.2) is 11.0 Å². The average molecular weight is 424 g/mol. The van der Waals surface area contributed by atoms with Gasteiger partial charge in [-0.3, -0.25) is 4.79 Å². The number of thioether (sulfide) groups is 1. The van der Waals surface area contributed by atoms with Gasteiger partial charge in [0.2, 0.25) is 15.9 Å². The number of anilines is 1. The Morgan fingerprint density at radius 2 is 1.96 bits per heavy atom. The zero-order valence-corrected chi connectivity index (χ0v) is 16.9. The van der Waals surface area contributed by atoms with E-state index in [4.69, 9.17) is 5.14 Å². The van der Waals surface area contributed by atoms with E-state index in [1.807, 2.05) is 29.1 Å². The van der Waals surface area contributed by atoms with Crippen LogP contribution >= 0.6 is 23.1 Å². The van der Waals surface area contributed by atoms with Crippen molar-refractivity contribution in [3.05, 3.63) is 41.8 Å². The van der Waals surface area contributed by atoms with Crippen molar-refractivity contribution >= 4 is 44.7 Å². The standard InChI is InChI=1S/C16H17N5O3S3/c1-10(15(22)18-11-5-7-12(8-6-11)27(17,23)24)26-16-20-19-14(21(16)2)13-4-3-9-25-13/h3-10H,1-2H3,(H,18,22)(H2,17,23,24)/t10-/m0/s1. The number of benzene rings is 1. The summed E-state index contributed by atoms with van der Waals surface area (Å²) in [6, 6.07) is 9.58. The molecule has 3 N–H and O–H groups in total. The third-order valence-corrected chi connectivity index (χ3v) is 6.61. The van der Waals surface area contributed by atoms with Crippen LogP contribution in [0.4, 0.5) is 5.69 Å². The van der Waals surface area contributed by atoms with E-state index >= 15 is 0 Å². The van der Waals surface area contributed by atoms with Gasteiger partial charge in [-0.25, -0.2) is 13.6 Å². The lowest BCUT2D eigenvalue weighted by atomic mass is 10.3. The number of amides is 1. The first-order valence-corrected chi connectivity index (χ1v) is 11.1. The van der Waals surface area contributed by atoms with Crippen LogP contribution in [-0.2, 0) is 21.9 Å². The number of nitrogens with one attached hydrogen (secondary N) is 1. The average Bonchev–Trinajstić information content (AvgIpc) is 3.25. The molecule has 0 aliphatic rings. The molecule has 1 amide bonds. The van der Waals surface area contributed by atoms with Crippen LogP contribution in [0.1, 0.15) is 6.92 Å². The van der Waals surface area contributed by atoms with Crippen LogP contribution < -0.4 is 10.5 Å². The smallest absolute Gasteiger partial charge is 0.238 e. The van der Waals surface area contributed by atoms with Crippen molar-refractivity contribution in [2.45, 2.75) is 22.2 Å². The first-order chi connectivity index (χ1) is 12.8. The molecule has 2 aromatic heterocycles. The summed E-state index contributed by atoms with van der Waals surface area (Å²) in [5.74, 6) is 0.516. The van der Waals surface area contributed by atoms with Crippen LogP contribution in [0, 0.1) is 0 Å². The van der Waals surface area contributed by atoms with E-state index in [-0.39, 0.29) is 10.8 Å². The van der Waals surface area contributed by atoms with Gasteiger partial charge in [-0.05, 0) is 42.6 Å². The van der Waals surface area contributed by atoms with E-state index in [1.54, 1.807) is 18.3 Å². The molecule has 8 nitrogen and oxygen atoms in total. The number of sulfonamides is 1. The van der Waals surface area contributed by atoms with Crippen LogP contribution in [0.2, 0.25) is 0 Å². The second-order valence-electron chi connectivity index (χ2n) is 5.66. The van der Waals surface area contributed by atoms with Gasteiger partial charge in [-0.2, -0.15) is 0 Å². The van der Waals surface area contributed by atoms with Gasteiger partial charge >= 0.3 is 0 Å². The summed E-state index contributed by atoms with van der Waals surface area (Å²) >= 11 is 2.86. The van der Waals surface area contributed by atoms with E-state index in [9.17, 15) is 13.2 Å². The quantitative estimate of drug-likeness (QED) is 0.587. The van der Waals surface area contributed by atoms with Gasteiger partial charge in [-0.1, -0.05) is 17.8 Å². The fraction of sp³-hybridized carbons (Fsp3) is 0.188. The number of carbonyl (C=O) groups excluding carboxylic acids is 1. The van der Waals surface area contributed by atoms with Crippen molar-refractivity contribution < 1.29 is 13.2 Å². The van der Waals surface area contributed by atoms with E-state index in [1.165, 1.54) is 36.0 Å². The second kappa shape index (κ2) is 7.80. The number of thiophene rings is 1. The first-order valence-electron chi connectivity index (χ1n) is 7.79. The summed E-state index contributed by atoms with van der Waals surface area (Å²) < 4.78 is 24.4. The van der Waals surface area contributed by atoms with Crippen molar-refractivity contribution in [3.8, 4) is 10.7 Å². The van der Waals surface area contributed by atoms with Crippen molar-refractivity contribution in [1.29, 1.82) is 0 Å². The molecule has 27 heavy (non-hydrogen) atoms. The Morgan fingerprint density at radius 3 is 2.56 bits per heavy atom. The van der Waals surface area contributed by atoms with E-state index < -0.39 is 15.3 Å². The third-order valence-electron chi connectivity index (χ3n) is 3.68. The number of rotatable bonds is 6. The SMILES string of the molecule is C[C@H](Sc1nnc(-c2cccs2)n1C)C(=O)Nc1ccc(S(N)(=O)=O)cc1. The highest BCUT2D eigenvalue weighted by Gasteiger charge is 2.20. The highest BCUT2D eigenvalue weighted by molar-refractivity contribution is 8.00. The maximum absolute atomic E-state index is 12.4. The van der Waals surface area contributed by atoms with E-state index in [2.05, 4.69) is 15.5 Å². The second-order valence-corrected chi connectivity index (χ2v) is 9.48.